The van der Waals surface area contributed by atoms with Crippen LogP contribution in [0.4, 0.5) is 0 Å². The fraction of sp³-hybridized carbons (Fsp3) is 0.400. The van der Waals surface area contributed by atoms with Crippen LogP contribution in [-0.4, -0.2) is 18.3 Å². The highest BCUT2D eigenvalue weighted by atomic mass is 127. The van der Waals surface area contributed by atoms with Crippen molar-refractivity contribution >= 4 is 22.6 Å². The molecule has 0 unspecified atom stereocenters. The van der Waals surface area contributed by atoms with Gasteiger partial charge in [-0.2, -0.15) is 0 Å². The van der Waals surface area contributed by atoms with Crippen molar-refractivity contribution in [2.45, 2.75) is 13.3 Å². The monoisotopic (exact) mass is 292 g/mol. The zero-order chi connectivity index (χ0) is 9.68. The minimum absolute atomic E-state index is 0.184. The van der Waals surface area contributed by atoms with Crippen LogP contribution >= 0.6 is 22.6 Å². The molecule has 0 atom stereocenters. The van der Waals surface area contributed by atoms with Gasteiger partial charge in [0.15, 0.2) is 0 Å². The van der Waals surface area contributed by atoms with Gasteiger partial charge in [0, 0.05) is 16.6 Å². The van der Waals surface area contributed by atoms with Gasteiger partial charge >= 0.3 is 0 Å². The molecule has 0 aliphatic rings. The van der Waals surface area contributed by atoms with E-state index >= 15 is 0 Å². The van der Waals surface area contributed by atoms with E-state index in [4.69, 9.17) is 9.84 Å². The summed E-state index contributed by atoms with van der Waals surface area (Å²) in [5, 5.41) is 8.56. The highest BCUT2D eigenvalue weighted by molar-refractivity contribution is 14.1. The van der Waals surface area contributed by atoms with Crippen LogP contribution < -0.4 is 4.74 Å². The van der Waals surface area contributed by atoms with Gasteiger partial charge < -0.3 is 9.84 Å². The number of hydrogen-bond acceptors (Lipinski definition) is 2. The number of aryl methyl sites for hydroxylation is 1. The molecule has 0 heterocycles. The molecular formula is C10H13IO2. The molecule has 3 heteroatoms. The molecule has 72 valence electrons. The zero-order valence-corrected chi connectivity index (χ0v) is 9.74. The molecular weight excluding hydrogens is 279 g/mol. The van der Waals surface area contributed by atoms with Crippen molar-refractivity contribution in [1.29, 1.82) is 0 Å². The normalized spacial score (nSPS) is 10.1. The Bertz CT molecular complexity index is 274. The van der Waals surface area contributed by atoms with Gasteiger partial charge in [-0.3, -0.25) is 0 Å². The Labute approximate surface area is 92.1 Å². The van der Waals surface area contributed by atoms with E-state index in [2.05, 4.69) is 29.5 Å². The van der Waals surface area contributed by atoms with Gasteiger partial charge in [0.2, 0.25) is 0 Å². The van der Waals surface area contributed by atoms with E-state index in [0.29, 0.717) is 13.0 Å². The molecule has 1 aromatic rings. The average molecular weight is 292 g/mol. The number of aliphatic hydroxyl groups is 1. The zero-order valence-electron chi connectivity index (χ0n) is 7.59. The van der Waals surface area contributed by atoms with Crippen molar-refractivity contribution in [1.82, 2.24) is 0 Å². The summed E-state index contributed by atoms with van der Waals surface area (Å²) in [7, 11) is 0. The first-order valence-electron chi connectivity index (χ1n) is 4.24. The molecule has 0 aliphatic carbocycles. The average Bonchev–Trinajstić information content (AvgIpc) is 2.12. The second-order valence-corrected chi connectivity index (χ2v) is 4.00. The number of hydrogen-bond donors (Lipinski definition) is 1. The Morgan fingerprint density at radius 1 is 1.46 bits per heavy atom. The first kappa shape index (κ1) is 10.8. The van der Waals surface area contributed by atoms with Crippen molar-refractivity contribution in [3.05, 3.63) is 27.3 Å². The molecule has 1 N–H and O–H groups in total. The molecule has 0 saturated carbocycles. The number of ether oxygens (including phenoxy) is 1. The molecule has 0 aliphatic heterocycles. The fourth-order valence-corrected chi connectivity index (χ4v) is 1.30. The Morgan fingerprint density at radius 2 is 2.23 bits per heavy atom. The molecule has 0 amide bonds. The van der Waals surface area contributed by atoms with Crippen molar-refractivity contribution in [3.8, 4) is 5.75 Å². The molecule has 0 saturated heterocycles. The van der Waals surface area contributed by atoms with E-state index in [9.17, 15) is 0 Å². The first-order valence-corrected chi connectivity index (χ1v) is 5.31. The lowest BCUT2D eigenvalue weighted by Crippen LogP contribution is -1.99. The predicted octanol–water partition coefficient (Wildman–Crippen LogP) is 2.36. The van der Waals surface area contributed by atoms with E-state index < -0.39 is 0 Å². The highest BCUT2D eigenvalue weighted by Crippen LogP contribution is 2.18. The van der Waals surface area contributed by atoms with Crippen LogP contribution in [-0.2, 0) is 0 Å². The SMILES string of the molecule is Cc1cc(OCCCO)ccc1I. The van der Waals surface area contributed by atoms with E-state index in [-0.39, 0.29) is 6.61 Å². The summed E-state index contributed by atoms with van der Waals surface area (Å²) in [6.45, 7) is 2.82. The molecule has 0 radical (unpaired) electrons. The van der Waals surface area contributed by atoms with Gasteiger partial charge in [-0.05, 0) is 53.3 Å². The maximum Gasteiger partial charge on any atom is 0.119 e. The van der Waals surface area contributed by atoms with Gasteiger partial charge in [0.1, 0.15) is 5.75 Å². The number of aliphatic hydroxyl groups excluding tert-OH is 1. The minimum Gasteiger partial charge on any atom is -0.493 e. The number of rotatable bonds is 4. The molecule has 0 bridgehead atoms. The second-order valence-electron chi connectivity index (χ2n) is 2.84. The topological polar surface area (TPSA) is 29.5 Å². The summed E-state index contributed by atoms with van der Waals surface area (Å²) in [6.07, 6.45) is 0.686. The third-order valence-electron chi connectivity index (χ3n) is 1.70. The van der Waals surface area contributed by atoms with Crippen molar-refractivity contribution in [2.24, 2.45) is 0 Å². The summed E-state index contributed by atoms with van der Waals surface area (Å²) in [6, 6.07) is 6.00. The molecule has 0 aromatic heterocycles. The first-order chi connectivity index (χ1) is 6.24. The largest absolute Gasteiger partial charge is 0.493 e. The molecule has 0 fully saturated rings. The smallest absolute Gasteiger partial charge is 0.119 e. The Kier molecular flexibility index (Phi) is 4.52. The molecule has 1 rings (SSSR count). The van der Waals surface area contributed by atoms with E-state index in [1.165, 1.54) is 9.13 Å². The number of halogens is 1. The van der Waals surface area contributed by atoms with Crippen molar-refractivity contribution in [2.75, 3.05) is 13.2 Å². The van der Waals surface area contributed by atoms with Crippen LogP contribution in [0.2, 0.25) is 0 Å². The van der Waals surface area contributed by atoms with E-state index in [1.54, 1.807) is 0 Å². The minimum atomic E-state index is 0.184. The lowest BCUT2D eigenvalue weighted by Gasteiger charge is -2.06. The highest BCUT2D eigenvalue weighted by Gasteiger charge is 1.97. The third kappa shape index (κ3) is 3.52. The Balaban J connectivity index is 2.53. The molecule has 1 aromatic carbocycles. The maximum absolute atomic E-state index is 8.56. The van der Waals surface area contributed by atoms with Crippen LogP contribution in [0.5, 0.6) is 5.75 Å². The second kappa shape index (κ2) is 5.44. The van der Waals surface area contributed by atoms with Crippen molar-refractivity contribution < 1.29 is 9.84 Å². The summed E-state index contributed by atoms with van der Waals surface area (Å²) in [5.74, 6) is 0.881. The van der Waals surface area contributed by atoms with Crippen molar-refractivity contribution in [3.63, 3.8) is 0 Å². The van der Waals surface area contributed by atoms with Gasteiger partial charge in [-0.1, -0.05) is 0 Å². The van der Waals surface area contributed by atoms with E-state index in [1.807, 2.05) is 18.2 Å². The van der Waals surface area contributed by atoms with Crippen LogP contribution in [0.15, 0.2) is 18.2 Å². The molecule has 2 nitrogen and oxygen atoms in total. The Morgan fingerprint density at radius 3 is 2.85 bits per heavy atom. The van der Waals surface area contributed by atoms with Gasteiger partial charge in [-0.25, -0.2) is 0 Å². The standard InChI is InChI=1S/C10H13IO2/c1-8-7-9(3-4-10(8)11)13-6-2-5-12/h3-4,7,12H,2,5-6H2,1H3. The lowest BCUT2D eigenvalue weighted by molar-refractivity contribution is 0.233. The Hall–Kier alpha value is -0.290. The molecule has 0 spiro atoms. The maximum atomic E-state index is 8.56. The fourth-order valence-electron chi connectivity index (χ4n) is 0.962. The summed E-state index contributed by atoms with van der Waals surface area (Å²) < 4.78 is 6.66. The van der Waals surface area contributed by atoms with E-state index in [0.717, 1.165) is 5.75 Å². The molecule has 13 heavy (non-hydrogen) atoms. The summed E-state index contributed by atoms with van der Waals surface area (Å²) in [5.41, 5.74) is 1.22. The van der Waals surface area contributed by atoms with Gasteiger partial charge in [-0.15, -0.1) is 0 Å². The lowest BCUT2D eigenvalue weighted by atomic mass is 10.2. The quantitative estimate of drug-likeness (QED) is 0.682. The predicted molar refractivity (Wildman–Crippen MR) is 61.1 cm³/mol. The van der Waals surface area contributed by atoms with Gasteiger partial charge in [0.05, 0.1) is 6.61 Å². The summed E-state index contributed by atoms with van der Waals surface area (Å²) in [4.78, 5) is 0. The van der Waals surface area contributed by atoms with Crippen LogP contribution in [0, 0.1) is 10.5 Å². The summed E-state index contributed by atoms with van der Waals surface area (Å²) >= 11 is 2.29. The third-order valence-corrected chi connectivity index (χ3v) is 2.91. The van der Waals surface area contributed by atoms with Crippen LogP contribution in [0.25, 0.3) is 0 Å². The van der Waals surface area contributed by atoms with Gasteiger partial charge in [0.25, 0.3) is 0 Å². The van der Waals surface area contributed by atoms with Crippen LogP contribution in [0.1, 0.15) is 12.0 Å². The van der Waals surface area contributed by atoms with Crippen LogP contribution in [0.3, 0.4) is 0 Å². The number of benzene rings is 1.